The summed E-state index contributed by atoms with van der Waals surface area (Å²) in [5.74, 6) is 1.02. The van der Waals surface area contributed by atoms with Crippen molar-refractivity contribution in [3.05, 3.63) is 118 Å². The van der Waals surface area contributed by atoms with E-state index in [0.717, 1.165) is 113 Å². The maximum absolute atomic E-state index is 15.1. The molecule has 1 saturated heterocycles. The van der Waals surface area contributed by atoms with Crippen LogP contribution in [0.2, 0.25) is 0 Å². The van der Waals surface area contributed by atoms with Crippen molar-refractivity contribution in [2.75, 3.05) is 26.2 Å². The molecule has 51 heavy (non-hydrogen) atoms. The highest BCUT2D eigenvalue weighted by atomic mass is 19.1. The number of amides is 1. The second-order valence-corrected chi connectivity index (χ2v) is 14.9. The molecule has 1 amide bonds. The zero-order valence-electron chi connectivity index (χ0n) is 29.1. The van der Waals surface area contributed by atoms with Gasteiger partial charge < -0.3 is 15.0 Å². The third kappa shape index (κ3) is 6.53. The Kier molecular flexibility index (Phi) is 8.35. The molecule has 4 aliphatic carbocycles. The van der Waals surface area contributed by atoms with Crippen LogP contribution in [0, 0.1) is 17.7 Å². The number of fused-ring (bicyclic) bond motifs is 3. The van der Waals surface area contributed by atoms with Crippen molar-refractivity contribution in [1.29, 1.82) is 0 Å². The molecular formula is C43H44FN5O2. The van der Waals surface area contributed by atoms with Gasteiger partial charge in [-0.1, -0.05) is 55.7 Å². The van der Waals surface area contributed by atoms with Gasteiger partial charge in [-0.05, 0) is 110 Å². The summed E-state index contributed by atoms with van der Waals surface area (Å²) in [5.41, 5.74) is 10.9. The summed E-state index contributed by atoms with van der Waals surface area (Å²) in [4.78, 5) is 19.1. The van der Waals surface area contributed by atoms with E-state index in [9.17, 15) is 4.79 Å². The van der Waals surface area contributed by atoms with E-state index in [1.54, 1.807) is 6.07 Å². The molecule has 3 fully saturated rings. The molecule has 0 radical (unpaired) electrons. The molecule has 8 heteroatoms. The second-order valence-electron chi connectivity index (χ2n) is 14.9. The summed E-state index contributed by atoms with van der Waals surface area (Å²) < 4.78 is 21.2. The van der Waals surface area contributed by atoms with Crippen LogP contribution in [-0.4, -0.2) is 52.2 Å². The van der Waals surface area contributed by atoms with Gasteiger partial charge in [0.1, 0.15) is 23.9 Å². The summed E-state index contributed by atoms with van der Waals surface area (Å²) in [5, 5.41) is 12.3. The summed E-state index contributed by atoms with van der Waals surface area (Å²) in [6.45, 7) is 5.77. The first kappa shape index (κ1) is 32.0. The number of carbonyl (C=O) groups excluding carboxylic acids is 1. The number of benzene rings is 2. The molecule has 3 heterocycles. The largest absolute Gasteiger partial charge is 0.492 e. The van der Waals surface area contributed by atoms with Crippen molar-refractivity contribution in [3.8, 4) is 17.1 Å². The third-order valence-corrected chi connectivity index (χ3v) is 11.3. The van der Waals surface area contributed by atoms with Gasteiger partial charge in [-0.2, -0.15) is 5.10 Å². The summed E-state index contributed by atoms with van der Waals surface area (Å²) in [6, 6.07) is 13.6. The predicted molar refractivity (Wildman–Crippen MR) is 200 cm³/mol. The number of likely N-dealkylation sites (tertiary alicyclic amines) is 1. The molecule has 3 N–H and O–H groups in total. The first-order chi connectivity index (χ1) is 24.9. The van der Waals surface area contributed by atoms with Crippen molar-refractivity contribution < 1.29 is 13.9 Å². The minimum absolute atomic E-state index is 0.116. The van der Waals surface area contributed by atoms with Crippen LogP contribution in [-0.2, 0) is 4.79 Å². The van der Waals surface area contributed by atoms with Crippen LogP contribution in [0.4, 0.5) is 4.39 Å². The van der Waals surface area contributed by atoms with Gasteiger partial charge in [-0.15, -0.1) is 0 Å². The van der Waals surface area contributed by atoms with E-state index < -0.39 is 0 Å². The number of carbonyl (C=O) groups is 1. The molecule has 260 valence electrons. The van der Waals surface area contributed by atoms with Crippen molar-refractivity contribution in [1.82, 2.24) is 25.4 Å². The lowest BCUT2D eigenvalue weighted by Gasteiger charge is -2.16. The number of ether oxygens (including phenoxy) is 1. The molecule has 2 aromatic carbocycles. The van der Waals surface area contributed by atoms with Crippen LogP contribution in [0.1, 0.15) is 80.2 Å². The molecular weight excluding hydrogens is 638 g/mol. The molecule has 9 rings (SSSR count). The van der Waals surface area contributed by atoms with Gasteiger partial charge in [-0.25, -0.2) is 4.39 Å². The lowest BCUT2D eigenvalue weighted by molar-refractivity contribution is -0.123. The number of nitrogens with one attached hydrogen (secondary N) is 3. The van der Waals surface area contributed by atoms with E-state index >= 15 is 4.39 Å². The normalized spacial score (nSPS) is 21.7. The average molecular weight is 682 g/mol. The van der Waals surface area contributed by atoms with E-state index in [-0.39, 0.29) is 23.6 Å². The van der Waals surface area contributed by atoms with Crippen LogP contribution < -0.4 is 10.1 Å². The second kappa shape index (κ2) is 13.3. The Morgan fingerprint density at radius 3 is 2.76 bits per heavy atom. The fourth-order valence-electron chi connectivity index (χ4n) is 8.32. The molecule has 2 aromatic heterocycles. The Bertz CT molecular complexity index is 2170. The van der Waals surface area contributed by atoms with Crippen LogP contribution >= 0.6 is 0 Å². The Balaban J connectivity index is 1.02. The first-order valence-corrected chi connectivity index (χ1v) is 18.7. The molecule has 1 unspecified atom stereocenters. The van der Waals surface area contributed by atoms with E-state index in [1.807, 2.05) is 6.07 Å². The number of aromatic nitrogens is 3. The molecule has 7 nitrogen and oxygen atoms in total. The summed E-state index contributed by atoms with van der Waals surface area (Å²) in [7, 11) is 0. The lowest BCUT2D eigenvalue weighted by atomic mass is 9.95. The SMILES string of the molecule is C[C@@H]1C=CC=C(c2cc(F)cc(OCCN3CCCC3)c2)c2cc(-c3n[nH]c4ccc(C5=CC6CC6=CC(NC(=O)C6CCCC6)=C5)cc34)[nH]c21. The summed E-state index contributed by atoms with van der Waals surface area (Å²) >= 11 is 0. The van der Waals surface area contributed by atoms with Gasteiger partial charge in [0.05, 0.1) is 11.2 Å². The minimum Gasteiger partial charge on any atom is -0.492 e. The molecule has 5 aliphatic rings. The quantitative estimate of drug-likeness (QED) is 0.165. The van der Waals surface area contributed by atoms with E-state index in [0.29, 0.717) is 18.3 Å². The van der Waals surface area contributed by atoms with Crippen LogP contribution in [0.3, 0.4) is 0 Å². The number of hydrogen-bond donors (Lipinski definition) is 3. The maximum atomic E-state index is 15.1. The Labute approximate surface area is 298 Å². The van der Waals surface area contributed by atoms with Gasteiger partial charge in [0.2, 0.25) is 5.91 Å². The predicted octanol–water partition coefficient (Wildman–Crippen LogP) is 8.81. The number of H-pyrrole nitrogens is 2. The smallest absolute Gasteiger partial charge is 0.227 e. The van der Waals surface area contributed by atoms with Crippen molar-refractivity contribution in [2.45, 2.75) is 57.8 Å². The molecule has 0 bridgehead atoms. The number of nitrogens with zero attached hydrogens (tertiary/aromatic N) is 2. The standard InChI is InChI=1S/C43H44FN5O2/c1-26-7-6-10-36(32-19-33(44)24-35(22-32)51-16-15-49-13-4-5-14-49)37-25-40(46-41(26)37)42-38-23-28(11-12-39(38)47-48-42)30-17-29-18-31(29)21-34(20-30)45-43(50)27-8-2-3-9-27/h6-7,10-12,17,19-27,29,46H,2-5,8-9,13-16,18H2,1H3,(H,45,50)(H,47,48)/t26-,29?/m1/s1. The van der Waals surface area contributed by atoms with Gasteiger partial charge in [-0.3, -0.25) is 14.8 Å². The minimum atomic E-state index is -0.314. The third-order valence-electron chi connectivity index (χ3n) is 11.3. The first-order valence-electron chi connectivity index (χ1n) is 18.7. The number of hydrogen-bond acceptors (Lipinski definition) is 4. The maximum Gasteiger partial charge on any atom is 0.227 e. The van der Waals surface area contributed by atoms with Gasteiger partial charge in [0.25, 0.3) is 0 Å². The van der Waals surface area contributed by atoms with Gasteiger partial charge in [0, 0.05) is 52.7 Å². The lowest BCUT2D eigenvalue weighted by Crippen LogP contribution is -2.28. The number of rotatable bonds is 9. The zero-order valence-corrected chi connectivity index (χ0v) is 29.1. The van der Waals surface area contributed by atoms with E-state index in [2.05, 4.69) is 87.9 Å². The number of halogens is 1. The summed E-state index contributed by atoms with van der Waals surface area (Å²) in [6.07, 6.45) is 20.6. The number of aromatic amines is 2. The molecule has 1 aliphatic heterocycles. The van der Waals surface area contributed by atoms with Crippen molar-refractivity contribution >= 4 is 28.0 Å². The molecule has 4 aromatic rings. The Morgan fingerprint density at radius 1 is 1.04 bits per heavy atom. The monoisotopic (exact) mass is 681 g/mol. The molecule has 0 spiro atoms. The highest BCUT2D eigenvalue weighted by Gasteiger charge is 2.31. The van der Waals surface area contributed by atoms with E-state index in [4.69, 9.17) is 9.84 Å². The topological polar surface area (TPSA) is 86.0 Å². The molecule has 2 saturated carbocycles. The Morgan fingerprint density at radius 2 is 1.90 bits per heavy atom. The number of allylic oxidation sites excluding steroid dienone is 8. The highest BCUT2D eigenvalue weighted by molar-refractivity contribution is 5.97. The fraction of sp³-hybridized carbons (Fsp3) is 0.349. The van der Waals surface area contributed by atoms with E-state index in [1.165, 1.54) is 24.5 Å². The van der Waals surface area contributed by atoms with Crippen LogP contribution in [0.15, 0.2) is 90.2 Å². The van der Waals surface area contributed by atoms with Crippen molar-refractivity contribution in [2.24, 2.45) is 11.8 Å². The fourth-order valence-corrected chi connectivity index (χ4v) is 8.32. The van der Waals surface area contributed by atoms with Crippen molar-refractivity contribution in [3.63, 3.8) is 0 Å². The Hall–Kier alpha value is -4.95. The van der Waals surface area contributed by atoms with Crippen LogP contribution in [0.25, 0.3) is 33.4 Å². The van der Waals surface area contributed by atoms with Gasteiger partial charge in [0.15, 0.2) is 0 Å². The highest BCUT2D eigenvalue weighted by Crippen LogP contribution is 2.44. The average Bonchev–Trinajstić information content (AvgIpc) is 3.66. The van der Waals surface area contributed by atoms with Crippen LogP contribution in [0.5, 0.6) is 5.75 Å². The zero-order chi connectivity index (χ0) is 34.5. The van der Waals surface area contributed by atoms with Gasteiger partial charge >= 0.3 is 0 Å². The molecule has 2 atom stereocenters.